The molecule has 0 aliphatic carbocycles. The maximum atomic E-state index is 13.1. The monoisotopic (exact) mass is 472 g/mol. The van der Waals surface area contributed by atoms with Gasteiger partial charge in [0.05, 0.1) is 12.5 Å². The molecule has 35 heavy (non-hydrogen) atoms. The Morgan fingerprint density at radius 1 is 0.886 bits per heavy atom. The molecule has 0 fully saturated rings. The minimum atomic E-state index is -0.466. The highest BCUT2D eigenvalue weighted by Crippen LogP contribution is 2.25. The molecule has 4 aromatic rings. The number of carbonyl (C=O) groups excluding carboxylic acids is 2. The van der Waals surface area contributed by atoms with Gasteiger partial charge in [0.2, 0.25) is 0 Å². The fourth-order valence-electron chi connectivity index (χ4n) is 3.56. The van der Waals surface area contributed by atoms with Gasteiger partial charge in [-0.3, -0.25) is 14.4 Å². The molecular weight excluding hydrogens is 448 g/mol. The summed E-state index contributed by atoms with van der Waals surface area (Å²) in [5, 5.41) is 10.7. The number of para-hydroxylation sites is 2. The number of rotatable bonds is 8. The first kappa shape index (κ1) is 23.5. The van der Waals surface area contributed by atoms with Crippen LogP contribution in [-0.4, -0.2) is 35.3 Å². The van der Waals surface area contributed by atoms with Crippen molar-refractivity contribution in [2.24, 2.45) is 0 Å². The van der Waals surface area contributed by atoms with E-state index in [9.17, 15) is 14.4 Å². The average molecular weight is 473 g/mol. The van der Waals surface area contributed by atoms with Crippen LogP contribution in [0.25, 0.3) is 10.8 Å². The quantitative estimate of drug-likeness (QED) is 0.405. The van der Waals surface area contributed by atoms with E-state index in [0.717, 1.165) is 0 Å². The van der Waals surface area contributed by atoms with Crippen LogP contribution in [0.4, 0.5) is 11.4 Å². The minimum absolute atomic E-state index is 0.140. The van der Waals surface area contributed by atoms with Crippen LogP contribution in [0.1, 0.15) is 17.4 Å². The first-order valence-corrected chi connectivity index (χ1v) is 11.0. The van der Waals surface area contributed by atoms with Gasteiger partial charge in [0.25, 0.3) is 17.4 Å². The molecule has 0 unspecified atom stereocenters. The topological polar surface area (TPSA) is 112 Å². The number of anilines is 2. The van der Waals surface area contributed by atoms with Crippen molar-refractivity contribution < 1.29 is 19.1 Å². The second kappa shape index (κ2) is 10.5. The van der Waals surface area contributed by atoms with Crippen LogP contribution >= 0.6 is 0 Å². The molecule has 9 heteroatoms. The highest BCUT2D eigenvalue weighted by Gasteiger charge is 2.17. The highest BCUT2D eigenvalue weighted by atomic mass is 16.5. The first-order valence-electron chi connectivity index (χ1n) is 11.0. The molecule has 2 N–H and O–H groups in total. The third kappa shape index (κ3) is 5.30. The van der Waals surface area contributed by atoms with Gasteiger partial charge >= 0.3 is 0 Å². The van der Waals surface area contributed by atoms with E-state index in [1.54, 1.807) is 79.7 Å². The van der Waals surface area contributed by atoms with Crippen LogP contribution in [-0.2, 0) is 11.3 Å². The van der Waals surface area contributed by atoms with E-state index >= 15 is 0 Å². The number of fused-ring (bicyclic) bond motifs is 1. The van der Waals surface area contributed by atoms with Crippen molar-refractivity contribution in [3.8, 4) is 11.5 Å². The van der Waals surface area contributed by atoms with Crippen molar-refractivity contribution >= 4 is 34.0 Å². The maximum absolute atomic E-state index is 13.1. The Morgan fingerprint density at radius 3 is 2.26 bits per heavy atom. The molecule has 0 saturated heterocycles. The highest BCUT2D eigenvalue weighted by molar-refractivity contribution is 6.11. The summed E-state index contributed by atoms with van der Waals surface area (Å²) in [5.41, 5.74) is 0.827. The zero-order valence-electron chi connectivity index (χ0n) is 19.3. The standard InChI is InChI=1S/C26H24N4O5/c1-3-30-26(33)20-12-5-4-11-19(20)24(29-30)25(32)28-18-10-8-9-17(15-18)27-23(31)16-35-22-14-7-6-13-21(22)34-2/h4-15H,3,16H2,1-2H3,(H,27,31)(H,28,32). The lowest BCUT2D eigenvalue weighted by atomic mass is 10.1. The van der Waals surface area contributed by atoms with Crippen LogP contribution in [0, 0.1) is 0 Å². The van der Waals surface area contributed by atoms with Crippen LogP contribution in [0.3, 0.4) is 0 Å². The van der Waals surface area contributed by atoms with E-state index in [0.29, 0.717) is 40.2 Å². The number of nitrogens with one attached hydrogen (secondary N) is 2. The van der Waals surface area contributed by atoms with Crippen molar-refractivity contribution in [2.75, 3.05) is 24.4 Å². The van der Waals surface area contributed by atoms with E-state index in [2.05, 4.69) is 15.7 Å². The molecule has 3 aromatic carbocycles. The number of carbonyl (C=O) groups is 2. The summed E-state index contributed by atoms with van der Waals surface area (Å²) in [5.74, 6) is 0.147. The van der Waals surface area contributed by atoms with Gasteiger partial charge in [-0.05, 0) is 43.3 Å². The van der Waals surface area contributed by atoms with E-state index in [4.69, 9.17) is 9.47 Å². The molecule has 178 valence electrons. The van der Waals surface area contributed by atoms with Gasteiger partial charge in [-0.25, -0.2) is 4.68 Å². The Hall–Kier alpha value is -4.66. The van der Waals surface area contributed by atoms with Crippen LogP contribution in [0.15, 0.2) is 77.6 Å². The van der Waals surface area contributed by atoms with E-state index < -0.39 is 5.91 Å². The van der Waals surface area contributed by atoms with Gasteiger partial charge in [-0.1, -0.05) is 36.4 Å². The summed E-state index contributed by atoms with van der Waals surface area (Å²) >= 11 is 0. The summed E-state index contributed by atoms with van der Waals surface area (Å²) in [4.78, 5) is 38.0. The Kier molecular flexibility index (Phi) is 7.06. The third-order valence-corrected chi connectivity index (χ3v) is 5.21. The van der Waals surface area contributed by atoms with Crippen LogP contribution < -0.4 is 25.7 Å². The zero-order chi connectivity index (χ0) is 24.8. The largest absolute Gasteiger partial charge is 0.493 e. The summed E-state index contributed by atoms with van der Waals surface area (Å²) < 4.78 is 12.0. The molecule has 2 amide bonds. The van der Waals surface area contributed by atoms with Gasteiger partial charge in [0.1, 0.15) is 0 Å². The molecule has 9 nitrogen and oxygen atoms in total. The molecule has 0 atom stereocenters. The van der Waals surface area contributed by atoms with Crippen molar-refractivity contribution in [1.82, 2.24) is 9.78 Å². The van der Waals surface area contributed by atoms with E-state index in [1.165, 1.54) is 11.8 Å². The van der Waals surface area contributed by atoms with Crippen molar-refractivity contribution in [1.29, 1.82) is 0 Å². The van der Waals surface area contributed by atoms with Gasteiger partial charge in [0, 0.05) is 23.3 Å². The van der Waals surface area contributed by atoms with Crippen molar-refractivity contribution in [3.63, 3.8) is 0 Å². The van der Waals surface area contributed by atoms with Gasteiger partial charge in [-0.2, -0.15) is 5.10 Å². The van der Waals surface area contributed by atoms with Crippen LogP contribution in [0.5, 0.6) is 11.5 Å². The molecule has 0 aliphatic heterocycles. The number of hydrogen-bond donors (Lipinski definition) is 2. The molecule has 0 saturated carbocycles. The number of nitrogens with zero attached hydrogens (tertiary/aromatic N) is 2. The van der Waals surface area contributed by atoms with Crippen LogP contribution in [0.2, 0.25) is 0 Å². The number of benzene rings is 3. The number of amides is 2. The predicted molar refractivity (Wildman–Crippen MR) is 133 cm³/mol. The molecule has 0 radical (unpaired) electrons. The summed E-state index contributed by atoms with van der Waals surface area (Å²) in [6.45, 7) is 1.91. The average Bonchev–Trinajstić information content (AvgIpc) is 2.88. The molecule has 4 rings (SSSR count). The lowest BCUT2D eigenvalue weighted by molar-refractivity contribution is -0.118. The molecular formula is C26H24N4O5. The Bertz CT molecular complexity index is 1450. The van der Waals surface area contributed by atoms with Gasteiger partial charge < -0.3 is 20.1 Å². The lowest BCUT2D eigenvalue weighted by Crippen LogP contribution is -2.27. The van der Waals surface area contributed by atoms with Crippen molar-refractivity contribution in [3.05, 3.63) is 88.8 Å². The van der Waals surface area contributed by atoms with Gasteiger partial charge in [-0.15, -0.1) is 0 Å². The first-order chi connectivity index (χ1) is 17.0. The molecule has 0 aliphatic rings. The van der Waals surface area contributed by atoms with E-state index in [-0.39, 0.29) is 23.8 Å². The predicted octanol–water partition coefficient (Wildman–Crippen LogP) is 3.69. The Labute approximate surface area is 201 Å². The molecule has 1 heterocycles. The third-order valence-electron chi connectivity index (χ3n) is 5.21. The summed E-state index contributed by atoms with van der Waals surface area (Å²) in [6, 6.07) is 20.6. The fourth-order valence-corrected chi connectivity index (χ4v) is 3.56. The second-order valence-corrected chi connectivity index (χ2v) is 7.54. The van der Waals surface area contributed by atoms with Gasteiger partial charge in [0.15, 0.2) is 23.8 Å². The number of methoxy groups -OCH3 is 1. The molecule has 0 bridgehead atoms. The summed E-state index contributed by atoms with van der Waals surface area (Å²) in [7, 11) is 1.52. The normalized spacial score (nSPS) is 10.6. The number of aromatic nitrogens is 2. The molecule has 0 spiro atoms. The minimum Gasteiger partial charge on any atom is -0.493 e. The Morgan fingerprint density at radius 2 is 1.54 bits per heavy atom. The second-order valence-electron chi connectivity index (χ2n) is 7.54. The molecule has 1 aromatic heterocycles. The summed E-state index contributed by atoms with van der Waals surface area (Å²) in [6.07, 6.45) is 0. The van der Waals surface area contributed by atoms with E-state index in [1.807, 2.05) is 0 Å². The lowest BCUT2D eigenvalue weighted by Gasteiger charge is -2.12. The SMILES string of the molecule is CCn1nc(C(=O)Nc2cccc(NC(=O)COc3ccccc3OC)c2)c2ccccc2c1=O. The maximum Gasteiger partial charge on any atom is 0.276 e. The van der Waals surface area contributed by atoms with Crippen molar-refractivity contribution in [2.45, 2.75) is 13.5 Å². The zero-order valence-corrected chi connectivity index (χ0v) is 19.3. The number of ether oxygens (including phenoxy) is 2. The number of aryl methyl sites for hydroxylation is 1. The smallest absolute Gasteiger partial charge is 0.276 e. The Balaban J connectivity index is 1.47. The fraction of sp³-hybridized carbons (Fsp3) is 0.154. The number of hydrogen-bond acceptors (Lipinski definition) is 6.